The molecule has 180 valence electrons. The maximum atomic E-state index is 13.5. The molecule has 2 amide bonds. The average molecular weight is 603 g/mol. The molecule has 7 nitrogen and oxygen atoms in total. The third kappa shape index (κ3) is 7.82. The van der Waals surface area contributed by atoms with E-state index < -0.39 is 28.5 Å². The van der Waals surface area contributed by atoms with Gasteiger partial charge in [0.2, 0.25) is 21.8 Å². The lowest BCUT2D eigenvalue weighted by molar-refractivity contribution is -0.139. The highest BCUT2D eigenvalue weighted by atomic mass is 79.9. The number of halogens is 2. The average Bonchev–Trinajstić information content (AvgIpc) is 2.76. The van der Waals surface area contributed by atoms with E-state index in [0.29, 0.717) is 10.2 Å². The van der Waals surface area contributed by atoms with Crippen molar-refractivity contribution in [3.05, 3.63) is 63.0 Å². The lowest BCUT2D eigenvalue weighted by Gasteiger charge is -2.32. The molecule has 0 aliphatic rings. The maximum absolute atomic E-state index is 13.5. The second-order valence-electron chi connectivity index (χ2n) is 7.86. The van der Waals surface area contributed by atoms with Crippen molar-refractivity contribution in [2.24, 2.45) is 0 Å². The third-order valence-electron chi connectivity index (χ3n) is 5.23. The van der Waals surface area contributed by atoms with Crippen LogP contribution in [0, 0.1) is 0 Å². The van der Waals surface area contributed by atoms with Crippen molar-refractivity contribution in [2.45, 2.75) is 45.8 Å². The van der Waals surface area contributed by atoms with Crippen molar-refractivity contribution in [3.8, 4) is 0 Å². The van der Waals surface area contributed by atoms with E-state index in [1.807, 2.05) is 38.1 Å². The number of rotatable bonds is 10. The Bertz CT molecular complexity index is 1080. The minimum absolute atomic E-state index is 0.0441. The Morgan fingerprint density at radius 2 is 1.64 bits per heavy atom. The zero-order valence-corrected chi connectivity index (χ0v) is 23.1. The molecule has 0 saturated carbocycles. The molecule has 0 aromatic heterocycles. The fourth-order valence-corrected chi connectivity index (χ4v) is 4.83. The molecule has 33 heavy (non-hydrogen) atoms. The predicted molar refractivity (Wildman–Crippen MR) is 138 cm³/mol. The van der Waals surface area contributed by atoms with Crippen LogP contribution in [0.3, 0.4) is 0 Å². The standard InChI is InChI=1S/C23H29Br2N3O4S/c1-5-16(2)26-23(30)17(3)27(14-18-10-12-19(24)13-11-18)22(29)15-28(33(4,31)32)21-9-7-6-8-20(21)25/h6-13,16-17H,5,14-15H2,1-4H3,(H,26,30)/t16-,17+/m1/s1. The van der Waals surface area contributed by atoms with Crippen molar-refractivity contribution in [2.75, 3.05) is 17.1 Å². The van der Waals surface area contributed by atoms with Crippen molar-refractivity contribution in [3.63, 3.8) is 0 Å². The summed E-state index contributed by atoms with van der Waals surface area (Å²) in [6.45, 7) is 5.23. The molecule has 0 heterocycles. The number of hydrogen-bond acceptors (Lipinski definition) is 4. The van der Waals surface area contributed by atoms with Crippen LogP contribution in [0.5, 0.6) is 0 Å². The summed E-state index contributed by atoms with van der Waals surface area (Å²) in [6, 6.07) is 13.4. The Morgan fingerprint density at radius 3 is 2.18 bits per heavy atom. The number of hydrogen-bond donors (Lipinski definition) is 1. The number of carbonyl (C=O) groups excluding carboxylic acids is 2. The van der Waals surface area contributed by atoms with Gasteiger partial charge in [0, 0.05) is 21.5 Å². The van der Waals surface area contributed by atoms with Crippen LogP contribution >= 0.6 is 31.9 Å². The summed E-state index contributed by atoms with van der Waals surface area (Å²) in [7, 11) is -3.77. The van der Waals surface area contributed by atoms with Crippen LogP contribution in [0.1, 0.15) is 32.8 Å². The number of carbonyl (C=O) groups is 2. The lowest BCUT2D eigenvalue weighted by atomic mass is 10.1. The summed E-state index contributed by atoms with van der Waals surface area (Å²) in [5.41, 5.74) is 1.18. The number of sulfonamides is 1. The van der Waals surface area contributed by atoms with Crippen LogP contribution in [0.25, 0.3) is 0 Å². The second-order valence-corrected chi connectivity index (χ2v) is 11.5. The Hall–Kier alpha value is -1.91. The van der Waals surface area contributed by atoms with E-state index in [4.69, 9.17) is 0 Å². The van der Waals surface area contributed by atoms with Gasteiger partial charge in [-0.2, -0.15) is 0 Å². The summed E-state index contributed by atoms with van der Waals surface area (Å²) in [4.78, 5) is 27.7. The second kappa shape index (κ2) is 12.0. The van der Waals surface area contributed by atoms with E-state index in [9.17, 15) is 18.0 Å². The van der Waals surface area contributed by atoms with Crippen LogP contribution < -0.4 is 9.62 Å². The van der Waals surface area contributed by atoms with Gasteiger partial charge in [0.1, 0.15) is 12.6 Å². The van der Waals surface area contributed by atoms with Crippen molar-refractivity contribution >= 4 is 59.4 Å². The van der Waals surface area contributed by atoms with Crippen molar-refractivity contribution < 1.29 is 18.0 Å². The molecule has 2 rings (SSSR count). The van der Waals surface area contributed by atoms with Crippen LogP contribution in [-0.4, -0.2) is 50.0 Å². The number of amides is 2. The molecule has 0 fully saturated rings. The van der Waals surface area contributed by atoms with E-state index in [0.717, 1.165) is 27.0 Å². The van der Waals surface area contributed by atoms with Gasteiger partial charge >= 0.3 is 0 Å². The van der Waals surface area contributed by atoms with Crippen LogP contribution in [0.2, 0.25) is 0 Å². The number of nitrogens with zero attached hydrogens (tertiary/aromatic N) is 2. The summed E-state index contributed by atoms with van der Waals surface area (Å²) in [5, 5.41) is 2.90. The molecule has 1 N–H and O–H groups in total. The Kier molecular flexibility index (Phi) is 9.93. The molecule has 0 aliphatic heterocycles. The fraction of sp³-hybridized carbons (Fsp3) is 0.391. The van der Waals surface area contributed by atoms with Gasteiger partial charge in [-0.15, -0.1) is 0 Å². The fourth-order valence-electron chi connectivity index (χ4n) is 3.08. The van der Waals surface area contributed by atoms with Gasteiger partial charge < -0.3 is 10.2 Å². The maximum Gasteiger partial charge on any atom is 0.244 e. The molecule has 0 saturated heterocycles. The predicted octanol–water partition coefficient (Wildman–Crippen LogP) is 4.31. The number of benzene rings is 2. The molecule has 2 aromatic carbocycles. The van der Waals surface area contributed by atoms with Crippen molar-refractivity contribution in [1.82, 2.24) is 10.2 Å². The molecule has 2 atom stereocenters. The van der Waals surface area contributed by atoms with Gasteiger partial charge in [-0.05, 0) is 66.0 Å². The Balaban J connectivity index is 2.39. The first-order valence-corrected chi connectivity index (χ1v) is 13.9. The number of para-hydroxylation sites is 1. The topological polar surface area (TPSA) is 86.8 Å². The zero-order valence-electron chi connectivity index (χ0n) is 19.1. The molecule has 0 unspecified atom stereocenters. The Labute approximate surface area is 212 Å². The summed E-state index contributed by atoms with van der Waals surface area (Å²) >= 11 is 6.76. The Morgan fingerprint density at radius 1 is 1.03 bits per heavy atom. The van der Waals surface area contributed by atoms with Gasteiger partial charge in [-0.1, -0.05) is 47.1 Å². The minimum atomic E-state index is -3.77. The molecule has 0 aliphatic carbocycles. The van der Waals surface area contributed by atoms with E-state index in [-0.39, 0.29) is 18.5 Å². The number of anilines is 1. The molecule has 0 bridgehead atoms. The molecular weight excluding hydrogens is 574 g/mol. The number of nitrogens with one attached hydrogen (secondary N) is 1. The minimum Gasteiger partial charge on any atom is -0.352 e. The highest BCUT2D eigenvalue weighted by Gasteiger charge is 2.31. The van der Waals surface area contributed by atoms with E-state index in [1.165, 1.54) is 4.90 Å². The molecule has 10 heteroatoms. The van der Waals surface area contributed by atoms with E-state index in [1.54, 1.807) is 31.2 Å². The smallest absolute Gasteiger partial charge is 0.244 e. The van der Waals surface area contributed by atoms with Crippen LogP contribution in [0.15, 0.2) is 57.5 Å². The van der Waals surface area contributed by atoms with Gasteiger partial charge in [0.05, 0.1) is 11.9 Å². The highest BCUT2D eigenvalue weighted by Crippen LogP contribution is 2.28. The normalized spacial score (nSPS) is 13.2. The SMILES string of the molecule is CC[C@@H](C)NC(=O)[C@H](C)N(Cc1ccc(Br)cc1)C(=O)CN(c1ccccc1Br)S(C)(=O)=O. The van der Waals surface area contributed by atoms with E-state index >= 15 is 0 Å². The third-order valence-corrected chi connectivity index (χ3v) is 7.56. The molecular formula is C23H29Br2N3O4S. The zero-order chi connectivity index (χ0) is 24.8. The van der Waals surface area contributed by atoms with Gasteiger partial charge in [0.15, 0.2) is 0 Å². The first-order chi connectivity index (χ1) is 15.4. The van der Waals surface area contributed by atoms with Crippen LogP contribution in [0.4, 0.5) is 5.69 Å². The van der Waals surface area contributed by atoms with E-state index in [2.05, 4.69) is 37.2 Å². The quantitative estimate of drug-likeness (QED) is 0.439. The lowest BCUT2D eigenvalue weighted by Crippen LogP contribution is -2.52. The largest absolute Gasteiger partial charge is 0.352 e. The molecule has 0 radical (unpaired) electrons. The molecule has 2 aromatic rings. The molecule has 0 spiro atoms. The summed E-state index contributed by atoms with van der Waals surface area (Å²) in [5.74, 6) is -0.771. The highest BCUT2D eigenvalue weighted by molar-refractivity contribution is 9.10. The summed E-state index contributed by atoms with van der Waals surface area (Å²) in [6.07, 6.45) is 1.81. The van der Waals surface area contributed by atoms with Crippen LogP contribution in [-0.2, 0) is 26.2 Å². The summed E-state index contributed by atoms with van der Waals surface area (Å²) < 4.78 is 27.6. The first kappa shape index (κ1) is 27.3. The first-order valence-electron chi connectivity index (χ1n) is 10.5. The van der Waals surface area contributed by atoms with Gasteiger partial charge in [-0.3, -0.25) is 13.9 Å². The van der Waals surface area contributed by atoms with Crippen molar-refractivity contribution in [1.29, 1.82) is 0 Å². The van der Waals surface area contributed by atoms with Gasteiger partial charge in [-0.25, -0.2) is 8.42 Å². The van der Waals surface area contributed by atoms with Gasteiger partial charge in [0.25, 0.3) is 0 Å². The monoisotopic (exact) mass is 601 g/mol.